The van der Waals surface area contributed by atoms with Gasteiger partial charge in [-0.25, -0.2) is 4.79 Å². The van der Waals surface area contributed by atoms with E-state index < -0.39 is 5.97 Å². The molecule has 1 saturated carbocycles. The Morgan fingerprint density at radius 1 is 1.40 bits per heavy atom. The van der Waals surface area contributed by atoms with Gasteiger partial charge in [0.25, 0.3) is 0 Å². The summed E-state index contributed by atoms with van der Waals surface area (Å²) in [6.07, 6.45) is 3.75. The summed E-state index contributed by atoms with van der Waals surface area (Å²) in [6, 6.07) is 8.99. The van der Waals surface area contributed by atoms with Crippen molar-refractivity contribution < 1.29 is 14.3 Å². The van der Waals surface area contributed by atoms with E-state index in [-0.39, 0.29) is 5.56 Å². The lowest BCUT2D eigenvalue weighted by Gasteiger charge is -2.25. The summed E-state index contributed by atoms with van der Waals surface area (Å²) >= 11 is 0. The number of rotatable bonds is 5. The first-order chi connectivity index (χ1) is 9.65. The van der Waals surface area contributed by atoms with Crippen LogP contribution in [0.1, 0.15) is 29.0 Å². The van der Waals surface area contributed by atoms with Gasteiger partial charge in [0, 0.05) is 11.7 Å². The Kier molecular flexibility index (Phi) is 3.10. The van der Waals surface area contributed by atoms with Crippen LogP contribution < -0.4 is 10.6 Å². The molecule has 1 aliphatic rings. The van der Waals surface area contributed by atoms with Crippen LogP contribution in [0.4, 0.5) is 11.4 Å². The van der Waals surface area contributed by atoms with Crippen LogP contribution in [-0.4, -0.2) is 17.1 Å². The average Bonchev–Trinajstić information content (AvgIpc) is 3.12. The zero-order valence-corrected chi connectivity index (χ0v) is 11.0. The number of nitrogens with two attached hydrogens (primary N) is 1. The van der Waals surface area contributed by atoms with Gasteiger partial charge < -0.3 is 20.2 Å². The third kappa shape index (κ3) is 2.47. The van der Waals surface area contributed by atoms with Crippen molar-refractivity contribution in [2.75, 3.05) is 10.6 Å². The number of nitrogen functional groups attached to an aromatic ring is 1. The smallest absolute Gasteiger partial charge is 0.337 e. The van der Waals surface area contributed by atoms with Crippen LogP contribution in [0, 0.1) is 0 Å². The molecule has 0 atom stereocenters. The minimum atomic E-state index is -0.940. The lowest BCUT2D eigenvalue weighted by Crippen LogP contribution is -2.26. The molecule has 104 valence electrons. The molecule has 1 heterocycles. The summed E-state index contributed by atoms with van der Waals surface area (Å²) in [5.74, 6) is -0.124. The van der Waals surface area contributed by atoms with E-state index in [0.29, 0.717) is 24.0 Å². The number of benzene rings is 1. The Labute approximate surface area is 116 Å². The normalized spacial score (nSPS) is 14.2. The molecule has 0 amide bonds. The molecule has 2 aromatic rings. The fraction of sp³-hybridized carbons (Fsp3) is 0.267. The zero-order chi connectivity index (χ0) is 14.1. The maximum atomic E-state index is 11.4. The van der Waals surface area contributed by atoms with Crippen LogP contribution in [-0.2, 0) is 6.54 Å². The largest absolute Gasteiger partial charge is 0.478 e. The minimum absolute atomic E-state index is 0.276. The quantitative estimate of drug-likeness (QED) is 0.818. The fourth-order valence-corrected chi connectivity index (χ4v) is 2.33. The van der Waals surface area contributed by atoms with Crippen molar-refractivity contribution in [1.29, 1.82) is 0 Å². The Morgan fingerprint density at radius 2 is 2.20 bits per heavy atom. The highest BCUT2D eigenvalue weighted by molar-refractivity contribution is 5.95. The van der Waals surface area contributed by atoms with Crippen molar-refractivity contribution in [2.24, 2.45) is 0 Å². The van der Waals surface area contributed by atoms with Crippen molar-refractivity contribution in [2.45, 2.75) is 25.4 Å². The highest BCUT2D eigenvalue weighted by Gasteiger charge is 2.32. The van der Waals surface area contributed by atoms with Gasteiger partial charge in [-0.2, -0.15) is 0 Å². The number of carbonyl (C=O) groups is 1. The number of carboxylic acids is 1. The van der Waals surface area contributed by atoms with E-state index in [4.69, 9.17) is 10.2 Å². The van der Waals surface area contributed by atoms with E-state index in [1.165, 1.54) is 0 Å². The second-order valence-corrected chi connectivity index (χ2v) is 5.02. The molecule has 0 spiro atoms. The fourth-order valence-electron chi connectivity index (χ4n) is 2.33. The minimum Gasteiger partial charge on any atom is -0.478 e. The molecule has 0 unspecified atom stereocenters. The molecule has 5 nitrogen and oxygen atoms in total. The van der Waals surface area contributed by atoms with Crippen molar-refractivity contribution in [3.05, 3.63) is 47.9 Å². The molecule has 0 radical (unpaired) electrons. The molecule has 3 N–H and O–H groups in total. The Bertz CT molecular complexity index is 618. The van der Waals surface area contributed by atoms with Crippen LogP contribution in [0.2, 0.25) is 0 Å². The van der Waals surface area contributed by atoms with E-state index in [0.717, 1.165) is 18.6 Å². The summed E-state index contributed by atoms with van der Waals surface area (Å²) in [5, 5.41) is 9.34. The Hall–Kier alpha value is -2.43. The van der Waals surface area contributed by atoms with Gasteiger partial charge in [0.05, 0.1) is 24.1 Å². The van der Waals surface area contributed by atoms with Crippen molar-refractivity contribution in [3.63, 3.8) is 0 Å². The molecule has 1 aliphatic carbocycles. The van der Waals surface area contributed by atoms with Crippen molar-refractivity contribution in [1.82, 2.24) is 0 Å². The first-order valence-corrected chi connectivity index (χ1v) is 6.57. The second kappa shape index (κ2) is 4.92. The van der Waals surface area contributed by atoms with Crippen LogP contribution in [0.15, 0.2) is 41.0 Å². The molecule has 5 heteroatoms. The monoisotopic (exact) mass is 272 g/mol. The van der Waals surface area contributed by atoms with Gasteiger partial charge in [-0.1, -0.05) is 0 Å². The van der Waals surface area contributed by atoms with Gasteiger partial charge in [0.2, 0.25) is 0 Å². The van der Waals surface area contributed by atoms with E-state index in [2.05, 4.69) is 4.90 Å². The molecule has 0 aliphatic heterocycles. The van der Waals surface area contributed by atoms with Gasteiger partial charge in [-0.05, 0) is 43.2 Å². The van der Waals surface area contributed by atoms with E-state index in [9.17, 15) is 9.90 Å². The lowest BCUT2D eigenvalue weighted by molar-refractivity contribution is 0.0697. The third-order valence-corrected chi connectivity index (χ3v) is 3.46. The first-order valence-electron chi connectivity index (χ1n) is 6.57. The third-order valence-electron chi connectivity index (χ3n) is 3.46. The molecule has 3 rings (SSSR count). The summed E-state index contributed by atoms with van der Waals surface area (Å²) in [5.41, 5.74) is 7.32. The molecule has 1 aromatic carbocycles. The maximum absolute atomic E-state index is 11.4. The van der Waals surface area contributed by atoms with Crippen LogP contribution in [0.25, 0.3) is 0 Å². The van der Waals surface area contributed by atoms with Gasteiger partial charge in [0.1, 0.15) is 5.76 Å². The number of anilines is 2. The van der Waals surface area contributed by atoms with Crippen LogP contribution in [0.3, 0.4) is 0 Å². The number of aromatic carboxylic acids is 1. The maximum Gasteiger partial charge on any atom is 0.337 e. The van der Waals surface area contributed by atoms with E-state index >= 15 is 0 Å². The highest BCUT2D eigenvalue weighted by atomic mass is 16.4. The van der Waals surface area contributed by atoms with Crippen molar-refractivity contribution in [3.8, 4) is 0 Å². The van der Waals surface area contributed by atoms with Gasteiger partial charge in [-0.3, -0.25) is 0 Å². The topological polar surface area (TPSA) is 79.7 Å². The molecule has 0 bridgehead atoms. The van der Waals surface area contributed by atoms with Crippen LogP contribution >= 0.6 is 0 Å². The van der Waals surface area contributed by atoms with Gasteiger partial charge in [-0.15, -0.1) is 0 Å². The second-order valence-electron chi connectivity index (χ2n) is 5.02. The van der Waals surface area contributed by atoms with Crippen LogP contribution in [0.5, 0.6) is 0 Å². The number of hydrogen-bond donors (Lipinski definition) is 2. The number of carboxylic acid groups (broad SMARTS) is 1. The van der Waals surface area contributed by atoms with E-state index in [1.807, 2.05) is 12.1 Å². The van der Waals surface area contributed by atoms with Gasteiger partial charge >= 0.3 is 5.97 Å². The summed E-state index contributed by atoms with van der Waals surface area (Å²) in [6.45, 7) is 0.557. The Morgan fingerprint density at radius 3 is 2.80 bits per heavy atom. The summed E-state index contributed by atoms with van der Waals surface area (Å²) < 4.78 is 5.37. The zero-order valence-electron chi connectivity index (χ0n) is 11.0. The molecule has 20 heavy (non-hydrogen) atoms. The highest BCUT2D eigenvalue weighted by Crippen LogP contribution is 2.36. The first kappa shape index (κ1) is 12.6. The predicted octanol–water partition coefficient (Wildman–Crippen LogP) is 2.73. The molecule has 1 aromatic heterocycles. The van der Waals surface area contributed by atoms with E-state index in [1.54, 1.807) is 24.5 Å². The summed E-state index contributed by atoms with van der Waals surface area (Å²) in [7, 11) is 0. The Balaban J connectivity index is 1.98. The standard InChI is InChI=1S/C15H16N2O3/c16-10-3-6-13(15(18)19)14(8-10)17(11-4-5-11)9-12-2-1-7-20-12/h1-3,6-8,11H,4-5,9,16H2,(H,18,19). The lowest BCUT2D eigenvalue weighted by atomic mass is 10.1. The van der Waals surface area contributed by atoms with Gasteiger partial charge in [0.15, 0.2) is 0 Å². The predicted molar refractivity (Wildman–Crippen MR) is 75.7 cm³/mol. The van der Waals surface area contributed by atoms with Crippen molar-refractivity contribution >= 4 is 17.3 Å². The number of hydrogen-bond acceptors (Lipinski definition) is 4. The molecule has 0 saturated heterocycles. The molecule has 1 fully saturated rings. The number of nitrogens with zero attached hydrogens (tertiary/aromatic N) is 1. The SMILES string of the molecule is Nc1ccc(C(=O)O)c(N(Cc2ccco2)C2CC2)c1. The average molecular weight is 272 g/mol. The molecular formula is C15H16N2O3. The molecular weight excluding hydrogens is 256 g/mol. The number of furan rings is 1. The summed E-state index contributed by atoms with van der Waals surface area (Å²) in [4.78, 5) is 13.5.